The molecule has 0 spiro atoms. The molecule has 2 rings (SSSR count). The van der Waals surface area contributed by atoms with Crippen LogP contribution in [0, 0.1) is 5.41 Å². The molecule has 5 heteroatoms. The molecule has 2 N–H and O–H groups in total. The van der Waals surface area contributed by atoms with E-state index in [1.807, 2.05) is 24.8 Å². The van der Waals surface area contributed by atoms with E-state index in [9.17, 15) is 4.79 Å². The van der Waals surface area contributed by atoms with E-state index < -0.39 is 0 Å². The van der Waals surface area contributed by atoms with Gasteiger partial charge in [0.25, 0.3) is 0 Å². The van der Waals surface area contributed by atoms with Gasteiger partial charge in [-0.3, -0.25) is 9.78 Å². The average Bonchev–Trinajstić information content (AvgIpc) is 2.47. The van der Waals surface area contributed by atoms with E-state index in [4.69, 9.17) is 5.73 Å². The molecule has 1 saturated heterocycles. The molecule has 1 aliphatic heterocycles. The summed E-state index contributed by atoms with van der Waals surface area (Å²) in [5.74, 6) is 0.252. The van der Waals surface area contributed by atoms with Gasteiger partial charge in [0.2, 0.25) is 5.91 Å². The summed E-state index contributed by atoms with van der Waals surface area (Å²) in [4.78, 5) is 20.6. The van der Waals surface area contributed by atoms with Gasteiger partial charge in [0.05, 0.1) is 17.6 Å². The number of hydrogen-bond donors (Lipinski definition) is 1. The third kappa shape index (κ3) is 2.86. The van der Waals surface area contributed by atoms with Gasteiger partial charge in [0.1, 0.15) is 0 Å². The highest BCUT2D eigenvalue weighted by Gasteiger charge is 2.32. The van der Waals surface area contributed by atoms with Gasteiger partial charge in [-0.25, -0.2) is 0 Å². The Bertz CT molecular complexity index is 479. The van der Waals surface area contributed by atoms with Crippen molar-refractivity contribution in [2.75, 3.05) is 36.8 Å². The summed E-state index contributed by atoms with van der Waals surface area (Å²) in [5.41, 5.74) is 7.40. The fourth-order valence-electron chi connectivity index (χ4n) is 2.42. The zero-order valence-electron chi connectivity index (χ0n) is 12.6. The highest BCUT2D eigenvalue weighted by atomic mass is 16.2. The summed E-state index contributed by atoms with van der Waals surface area (Å²) in [5, 5.41) is 0. The van der Waals surface area contributed by atoms with Gasteiger partial charge in [0.15, 0.2) is 0 Å². The molecule has 1 aromatic rings. The number of nitrogen functional groups attached to an aromatic ring is 1. The molecule has 0 atom stereocenters. The zero-order chi connectivity index (χ0) is 14.8. The van der Waals surface area contributed by atoms with E-state index in [1.54, 1.807) is 12.4 Å². The first-order valence-electron chi connectivity index (χ1n) is 7.19. The molecule has 0 unspecified atom stereocenters. The van der Waals surface area contributed by atoms with E-state index in [0.717, 1.165) is 38.3 Å². The minimum atomic E-state index is -0.266. The molecule has 1 aliphatic rings. The maximum Gasteiger partial charge on any atom is 0.228 e. The van der Waals surface area contributed by atoms with Crippen LogP contribution in [-0.4, -0.2) is 42.0 Å². The van der Waals surface area contributed by atoms with Crippen molar-refractivity contribution in [3.8, 4) is 0 Å². The van der Waals surface area contributed by atoms with Crippen LogP contribution in [0.25, 0.3) is 0 Å². The molecule has 5 nitrogen and oxygen atoms in total. The number of nitrogens with two attached hydrogens (primary N) is 1. The third-order valence-electron chi connectivity index (χ3n) is 4.20. The van der Waals surface area contributed by atoms with Crippen molar-refractivity contribution >= 4 is 17.3 Å². The second-order valence-corrected chi connectivity index (χ2v) is 5.95. The lowest BCUT2D eigenvalue weighted by Gasteiger charge is -2.39. The molecule has 1 fully saturated rings. The molecule has 110 valence electrons. The summed E-state index contributed by atoms with van der Waals surface area (Å²) in [6.45, 7) is 9.24. The van der Waals surface area contributed by atoms with Crippen molar-refractivity contribution in [3.05, 3.63) is 18.5 Å². The van der Waals surface area contributed by atoms with Crippen molar-refractivity contribution in [3.63, 3.8) is 0 Å². The lowest BCUT2D eigenvalue weighted by molar-refractivity contribution is -0.140. The zero-order valence-corrected chi connectivity index (χ0v) is 12.6. The fraction of sp³-hybridized carbons (Fsp3) is 0.600. The lowest BCUT2D eigenvalue weighted by Crippen LogP contribution is -2.52. The van der Waals surface area contributed by atoms with Crippen molar-refractivity contribution < 1.29 is 4.79 Å². The monoisotopic (exact) mass is 276 g/mol. The number of piperazine rings is 1. The van der Waals surface area contributed by atoms with Gasteiger partial charge < -0.3 is 15.5 Å². The van der Waals surface area contributed by atoms with Crippen LogP contribution >= 0.6 is 0 Å². The maximum atomic E-state index is 12.4. The molecule has 0 bridgehead atoms. The van der Waals surface area contributed by atoms with E-state index in [-0.39, 0.29) is 11.3 Å². The number of carbonyl (C=O) groups excluding carboxylic acids is 1. The summed E-state index contributed by atoms with van der Waals surface area (Å²) < 4.78 is 0. The van der Waals surface area contributed by atoms with Crippen LogP contribution in [0.4, 0.5) is 11.4 Å². The van der Waals surface area contributed by atoms with E-state index in [2.05, 4.69) is 16.8 Å². The number of anilines is 2. The summed E-state index contributed by atoms with van der Waals surface area (Å²) in [7, 11) is 0. The molecule has 20 heavy (non-hydrogen) atoms. The number of nitrogens with zero attached hydrogens (tertiary/aromatic N) is 3. The SMILES string of the molecule is CCC(C)(C)C(=O)N1CCN(c2ccncc2N)CC1. The highest BCUT2D eigenvalue weighted by Crippen LogP contribution is 2.26. The first-order chi connectivity index (χ1) is 9.45. The topological polar surface area (TPSA) is 62.5 Å². The van der Waals surface area contributed by atoms with Crippen LogP contribution in [0.15, 0.2) is 18.5 Å². The smallest absolute Gasteiger partial charge is 0.228 e. The molecule has 1 amide bonds. The Kier molecular flexibility index (Phi) is 4.16. The summed E-state index contributed by atoms with van der Waals surface area (Å²) >= 11 is 0. The van der Waals surface area contributed by atoms with Crippen molar-refractivity contribution in [1.82, 2.24) is 9.88 Å². The summed E-state index contributed by atoms with van der Waals surface area (Å²) in [6.07, 6.45) is 4.29. The number of hydrogen-bond acceptors (Lipinski definition) is 4. The first kappa shape index (κ1) is 14.6. The van der Waals surface area contributed by atoms with Crippen LogP contribution in [0.5, 0.6) is 0 Å². The van der Waals surface area contributed by atoms with Crippen molar-refractivity contribution in [2.45, 2.75) is 27.2 Å². The van der Waals surface area contributed by atoms with Gasteiger partial charge in [-0.1, -0.05) is 20.8 Å². The Morgan fingerprint density at radius 3 is 2.55 bits per heavy atom. The molecule has 0 aliphatic carbocycles. The van der Waals surface area contributed by atoms with Crippen LogP contribution < -0.4 is 10.6 Å². The fourth-order valence-corrected chi connectivity index (χ4v) is 2.42. The predicted molar refractivity (Wildman–Crippen MR) is 81.5 cm³/mol. The average molecular weight is 276 g/mol. The van der Waals surface area contributed by atoms with Crippen LogP contribution in [0.1, 0.15) is 27.2 Å². The highest BCUT2D eigenvalue weighted by molar-refractivity contribution is 5.82. The van der Waals surface area contributed by atoms with Crippen LogP contribution in [-0.2, 0) is 4.79 Å². The van der Waals surface area contributed by atoms with Gasteiger partial charge >= 0.3 is 0 Å². The predicted octanol–water partition coefficient (Wildman–Crippen LogP) is 1.75. The second kappa shape index (κ2) is 5.69. The Morgan fingerprint density at radius 1 is 1.35 bits per heavy atom. The Hall–Kier alpha value is -1.78. The Labute approximate surface area is 120 Å². The minimum absolute atomic E-state index is 0.252. The third-order valence-corrected chi connectivity index (χ3v) is 4.20. The molecular formula is C15H24N4O. The molecule has 1 aromatic heterocycles. The Balaban J connectivity index is 2.00. The van der Waals surface area contributed by atoms with E-state index >= 15 is 0 Å². The number of pyridine rings is 1. The largest absolute Gasteiger partial charge is 0.396 e. The normalized spacial score (nSPS) is 16.4. The Morgan fingerprint density at radius 2 is 2.00 bits per heavy atom. The molecule has 0 radical (unpaired) electrons. The summed E-state index contributed by atoms with van der Waals surface area (Å²) in [6, 6.07) is 1.93. The standard InChI is InChI=1S/C15H24N4O/c1-4-15(2,3)14(20)19-9-7-18(8-10-19)13-5-6-17-11-12(13)16/h5-6,11H,4,7-10,16H2,1-3H3. The van der Waals surface area contributed by atoms with E-state index in [0.29, 0.717) is 5.69 Å². The van der Waals surface area contributed by atoms with Crippen molar-refractivity contribution in [2.24, 2.45) is 5.41 Å². The number of carbonyl (C=O) groups is 1. The quantitative estimate of drug-likeness (QED) is 0.913. The van der Waals surface area contributed by atoms with Gasteiger partial charge in [-0.2, -0.15) is 0 Å². The molecule has 0 saturated carbocycles. The molecular weight excluding hydrogens is 252 g/mol. The molecule has 0 aromatic carbocycles. The number of aromatic nitrogens is 1. The number of amides is 1. The maximum absolute atomic E-state index is 12.4. The first-order valence-corrected chi connectivity index (χ1v) is 7.19. The second-order valence-electron chi connectivity index (χ2n) is 5.95. The van der Waals surface area contributed by atoms with Crippen LogP contribution in [0.2, 0.25) is 0 Å². The van der Waals surface area contributed by atoms with Gasteiger partial charge in [-0.05, 0) is 12.5 Å². The van der Waals surface area contributed by atoms with Gasteiger partial charge in [-0.15, -0.1) is 0 Å². The molecule has 2 heterocycles. The lowest BCUT2D eigenvalue weighted by atomic mass is 9.88. The minimum Gasteiger partial charge on any atom is -0.396 e. The van der Waals surface area contributed by atoms with Gasteiger partial charge in [0, 0.05) is 37.8 Å². The van der Waals surface area contributed by atoms with Crippen LogP contribution in [0.3, 0.4) is 0 Å². The van der Waals surface area contributed by atoms with E-state index in [1.165, 1.54) is 0 Å². The number of rotatable bonds is 3. The van der Waals surface area contributed by atoms with Crippen molar-refractivity contribution in [1.29, 1.82) is 0 Å².